The number of ether oxygens (including phenoxy) is 3. The van der Waals surface area contributed by atoms with E-state index in [-0.39, 0.29) is 5.69 Å². The van der Waals surface area contributed by atoms with Gasteiger partial charge >= 0.3 is 5.97 Å². The molecule has 2 N–H and O–H groups in total. The highest BCUT2D eigenvalue weighted by atomic mass is 16.5. The van der Waals surface area contributed by atoms with Gasteiger partial charge in [0.05, 0.1) is 27.0 Å². The molecule has 0 amide bonds. The van der Waals surface area contributed by atoms with E-state index in [4.69, 9.17) is 19.3 Å². The molecule has 0 saturated heterocycles. The Morgan fingerprint density at radius 1 is 1.14 bits per heavy atom. The first-order chi connectivity index (χ1) is 10.5. The largest absolute Gasteiger partial charge is 0.493 e. The van der Waals surface area contributed by atoms with E-state index in [0.29, 0.717) is 22.8 Å². The summed E-state index contributed by atoms with van der Waals surface area (Å²) >= 11 is 0. The molecule has 0 aliphatic rings. The van der Waals surface area contributed by atoms with Crippen molar-refractivity contribution in [1.29, 1.82) is 0 Å². The minimum atomic E-state index is -1.34. The number of benzene rings is 1. The Morgan fingerprint density at radius 3 is 2.36 bits per heavy atom. The normalized spacial score (nSPS) is 10.1. The quantitative estimate of drug-likeness (QED) is 0.852. The summed E-state index contributed by atoms with van der Waals surface area (Å²) in [5.41, 5.74) is -0.508. The molecule has 0 fully saturated rings. The molecule has 0 saturated carbocycles. The van der Waals surface area contributed by atoms with Crippen LogP contribution in [0.2, 0.25) is 0 Å². The lowest BCUT2D eigenvalue weighted by Gasteiger charge is -2.15. The first-order valence-corrected chi connectivity index (χ1v) is 6.15. The van der Waals surface area contributed by atoms with Gasteiger partial charge in [-0.1, -0.05) is 0 Å². The Kier molecular flexibility index (Phi) is 4.31. The number of carbonyl (C=O) groups is 1. The molecule has 2 rings (SSSR count). The fraction of sp³-hybridized carbons (Fsp3) is 0.214. The summed E-state index contributed by atoms with van der Waals surface area (Å²) in [5, 5.41) is 15.0. The highest BCUT2D eigenvalue weighted by molar-refractivity contribution is 5.89. The molecule has 0 spiro atoms. The number of methoxy groups -OCH3 is 3. The molecule has 1 aromatic heterocycles. The van der Waals surface area contributed by atoms with Gasteiger partial charge in [-0.25, -0.2) is 9.89 Å². The molecule has 0 unspecified atom stereocenters. The molecular formula is C14H14N2O6. The van der Waals surface area contributed by atoms with E-state index in [1.54, 1.807) is 12.1 Å². The van der Waals surface area contributed by atoms with Gasteiger partial charge in [-0.05, 0) is 18.2 Å². The molecular weight excluding hydrogens is 292 g/mol. The lowest BCUT2D eigenvalue weighted by atomic mass is 10.1. The zero-order chi connectivity index (χ0) is 16.3. The highest BCUT2D eigenvalue weighted by Gasteiger charge is 2.20. The predicted octanol–water partition coefficient (Wildman–Crippen LogP) is 1.16. The van der Waals surface area contributed by atoms with Gasteiger partial charge in [-0.2, -0.15) is 5.10 Å². The predicted molar refractivity (Wildman–Crippen MR) is 76.9 cm³/mol. The number of aromatic carboxylic acids is 1. The van der Waals surface area contributed by atoms with Gasteiger partial charge in [0.1, 0.15) is 5.56 Å². The van der Waals surface area contributed by atoms with Crippen molar-refractivity contribution in [3.05, 3.63) is 34.1 Å². The Hall–Kier alpha value is -3.03. The van der Waals surface area contributed by atoms with E-state index in [0.717, 1.165) is 0 Å². The Balaban J connectivity index is 2.70. The third-order valence-electron chi connectivity index (χ3n) is 3.01. The molecule has 1 heterocycles. The Labute approximate surface area is 125 Å². The highest BCUT2D eigenvalue weighted by Crippen LogP contribution is 2.43. The van der Waals surface area contributed by atoms with Crippen molar-refractivity contribution in [2.75, 3.05) is 21.3 Å². The van der Waals surface area contributed by atoms with Crippen molar-refractivity contribution in [2.45, 2.75) is 0 Å². The van der Waals surface area contributed by atoms with Crippen LogP contribution in [0.15, 0.2) is 23.0 Å². The number of carboxylic acids is 1. The van der Waals surface area contributed by atoms with Crippen molar-refractivity contribution in [3.63, 3.8) is 0 Å². The number of hydrogen-bond acceptors (Lipinski definition) is 6. The second-order valence-corrected chi connectivity index (χ2v) is 4.18. The third kappa shape index (κ3) is 2.58. The van der Waals surface area contributed by atoms with Gasteiger partial charge in [-0.15, -0.1) is 0 Å². The molecule has 0 aliphatic heterocycles. The van der Waals surface area contributed by atoms with Crippen LogP contribution in [-0.4, -0.2) is 42.6 Å². The zero-order valence-corrected chi connectivity index (χ0v) is 12.2. The van der Waals surface area contributed by atoms with Gasteiger partial charge in [-0.3, -0.25) is 4.79 Å². The number of aromatic amines is 1. The summed E-state index contributed by atoms with van der Waals surface area (Å²) < 4.78 is 15.7. The number of nitrogens with zero attached hydrogens (tertiary/aromatic N) is 1. The molecule has 8 nitrogen and oxygen atoms in total. The first kappa shape index (κ1) is 15.4. The molecule has 0 radical (unpaired) electrons. The van der Waals surface area contributed by atoms with Gasteiger partial charge in [0.2, 0.25) is 5.75 Å². The number of carboxylic acid groups (broad SMARTS) is 1. The smallest absolute Gasteiger partial charge is 0.341 e. The molecule has 1 aromatic carbocycles. The van der Waals surface area contributed by atoms with Gasteiger partial charge in [0.25, 0.3) is 5.56 Å². The van der Waals surface area contributed by atoms with Gasteiger partial charge in [0.15, 0.2) is 11.5 Å². The van der Waals surface area contributed by atoms with Crippen LogP contribution in [-0.2, 0) is 0 Å². The summed E-state index contributed by atoms with van der Waals surface area (Å²) in [5.74, 6) is -0.236. The van der Waals surface area contributed by atoms with Crippen LogP contribution in [0.25, 0.3) is 11.3 Å². The SMILES string of the molecule is COc1ccc(-c2cc(C(=O)O)c(=O)[nH]n2)c(OC)c1OC. The van der Waals surface area contributed by atoms with Crippen LogP contribution in [0.3, 0.4) is 0 Å². The number of nitrogens with one attached hydrogen (secondary N) is 1. The molecule has 8 heteroatoms. The molecule has 116 valence electrons. The van der Waals surface area contributed by atoms with E-state index in [1.165, 1.54) is 27.4 Å². The molecule has 22 heavy (non-hydrogen) atoms. The van der Waals surface area contributed by atoms with E-state index in [9.17, 15) is 9.59 Å². The Bertz CT molecular complexity index is 768. The van der Waals surface area contributed by atoms with Crippen molar-refractivity contribution >= 4 is 5.97 Å². The second kappa shape index (κ2) is 6.17. The minimum absolute atomic E-state index is 0.231. The zero-order valence-electron chi connectivity index (χ0n) is 12.2. The number of rotatable bonds is 5. The lowest BCUT2D eigenvalue weighted by Crippen LogP contribution is -2.18. The lowest BCUT2D eigenvalue weighted by molar-refractivity contribution is 0.0694. The average Bonchev–Trinajstić information content (AvgIpc) is 2.53. The van der Waals surface area contributed by atoms with E-state index < -0.39 is 17.1 Å². The van der Waals surface area contributed by atoms with Crippen LogP contribution in [0, 0.1) is 0 Å². The molecule has 2 aromatic rings. The van der Waals surface area contributed by atoms with Crippen LogP contribution in [0.5, 0.6) is 17.2 Å². The summed E-state index contributed by atoms with van der Waals surface area (Å²) in [4.78, 5) is 22.5. The summed E-state index contributed by atoms with van der Waals surface area (Å²) in [7, 11) is 4.37. The van der Waals surface area contributed by atoms with E-state index in [1.807, 2.05) is 0 Å². The third-order valence-corrected chi connectivity index (χ3v) is 3.01. The Morgan fingerprint density at radius 2 is 1.82 bits per heavy atom. The molecule has 0 bridgehead atoms. The van der Waals surface area contributed by atoms with Crippen molar-refractivity contribution < 1.29 is 24.1 Å². The number of H-pyrrole nitrogens is 1. The maximum absolute atomic E-state index is 11.4. The number of aromatic nitrogens is 2. The second-order valence-electron chi connectivity index (χ2n) is 4.18. The van der Waals surface area contributed by atoms with Crippen molar-refractivity contribution in [2.24, 2.45) is 0 Å². The standard InChI is InChI=1S/C14H14N2O6/c1-20-10-5-4-7(11(21-2)12(10)22-3)9-6-8(14(18)19)13(17)16-15-9/h4-6H,1-3H3,(H,16,17)(H,18,19). The van der Waals surface area contributed by atoms with E-state index in [2.05, 4.69) is 10.2 Å². The summed E-state index contributed by atoms with van der Waals surface area (Å²) in [6.45, 7) is 0. The van der Waals surface area contributed by atoms with Crippen molar-refractivity contribution in [1.82, 2.24) is 10.2 Å². The van der Waals surface area contributed by atoms with Crippen LogP contribution >= 0.6 is 0 Å². The fourth-order valence-corrected chi connectivity index (χ4v) is 2.01. The van der Waals surface area contributed by atoms with Gasteiger partial charge < -0.3 is 19.3 Å². The minimum Gasteiger partial charge on any atom is -0.493 e. The number of hydrogen-bond donors (Lipinski definition) is 2. The molecule has 0 atom stereocenters. The fourth-order valence-electron chi connectivity index (χ4n) is 2.01. The van der Waals surface area contributed by atoms with Crippen LogP contribution in [0.4, 0.5) is 0 Å². The summed E-state index contributed by atoms with van der Waals surface area (Å²) in [6.07, 6.45) is 0. The van der Waals surface area contributed by atoms with Crippen LogP contribution < -0.4 is 19.8 Å². The maximum Gasteiger partial charge on any atom is 0.341 e. The first-order valence-electron chi connectivity index (χ1n) is 6.15. The molecule has 0 aliphatic carbocycles. The van der Waals surface area contributed by atoms with E-state index >= 15 is 0 Å². The topological polar surface area (TPSA) is 111 Å². The van der Waals surface area contributed by atoms with Crippen molar-refractivity contribution in [3.8, 4) is 28.5 Å². The van der Waals surface area contributed by atoms with Crippen LogP contribution in [0.1, 0.15) is 10.4 Å². The summed E-state index contributed by atoms with van der Waals surface area (Å²) in [6, 6.07) is 4.43. The maximum atomic E-state index is 11.4. The average molecular weight is 306 g/mol. The van der Waals surface area contributed by atoms with Gasteiger partial charge in [0, 0.05) is 5.56 Å². The monoisotopic (exact) mass is 306 g/mol.